The molecule has 0 spiro atoms. The third-order valence-electron chi connectivity index (χ3n) is 1.33. The van der Waals surface area contributed by atoms with E-state index in [1.54, 1.807) is 0 Å². The lowest BCUT2D eigenvalue weighted by atomic mass is 10.1. The summed E-state index contributed by atoms with van der Waals surface area (Å²) in [6.45, 7) is -5.43. The Bertz CT molecular complexity index is 189. The normalized spacial score (nSPS) is 18.0. The molecule has 0 aromatic carbocycles. The fourth-order valence-electron chi connectivity index (χ4n) is 0.501. The molecule has 0 radical (unpaired) electrons. The molecule has 0 aliphatic carbocycles. The average Bonchev–Trinajstić information content (AvgIpc) is 2.00. The summed E-state index contributed by atoms with van der Waals surface area (Å²) in [5.41, 5.74) is -5.54. The van der Waals surface area contributed by atoms with Crippen LogP contribution in [-0.4, -0.2) is 31.5 Å². The lowest BCUT2D eigenvalue weighted by molar-refractivity contribution is -0.390. The lowest BCUT2D eigenvalue weighted by Crippen LogP contribution is -2.58. The molecular weight excluding hydrogens is 228 g/mol. The predicted octanol–water partition coefficient (Wildman–Crippen LogP) is 2.76. The summed E-state index contributed by atoms with van der Waals surface area (Å²) in [5.74, 6) is 0. The summed E-state index contributed by atoms with van der Waals surface area (Å²) in [7, 11) is 0. The maximum absolute atomic E-state index is 12.5. The van der Waals surface area contributed by atoms with Crippen LogP contribution in [-0.2, 0) is 4.74 Å². The summed E-state index contributed by atoms with van der Waals surface area (Å²) in [5, 5.41) is 0. The first-order chi connectivity index (χ1) is 6.12. The van der Waals surface area contributed by atoms with Gasteiger partial charge in [0.1, 0.15) is 6.67 Å². The molecule has 14 heavy (non-hydrogen) atoms. The van der Waals surface area contributed by atoms with Gasteiger partial charge in [-0.05, 0) is 0 Å². The third kappa shape index (κ3) is 2.07. The lowest BCUT2D eigenvalue weighted by Gasteiger charge is -2.31. The van der Waals surface area contributed by atoms with E-state index in [1.807, 2.05) is 0 Å². The predicted molar refractivity (Wildman–Crippen MR) is 27.9 cm³/mol. The molecule has 0 heterocycles. The fraction of sp³-hybridized carbons (Fsp3) is 1.00. The maximum atomic E-state index is 12.5. The third-order valence-corrected chi connectivity index (χ3v) is 1.33. The highest BCUT2D eigenvalue weighted by Gasteiger charge is 2.73. The van der Waals surface area contributed by atoms with E-state index in [1.165, 1.54) is 0 Å². The molecule has 9 heteroatoms. The summed E-state index contributed by atoms with van der Waals surface area (Å²) in [6, 6.07) is 0. The van der Waals surface area contributed by atoms with Gasteiger partial charge in [0.25, 0.3) is 0 Å². The Balaban J connectivity index is 5.03. The second kappa shape index (κ2) is 3.87. The molecule has 0 saturated heterocycles. The van der Waals surface area contributed by atoms with E-state index in [-0.39, 0.29) is 0 Å². The number of rotatable bonds is 4. The van der Waals surface area contributed by atoms with E-state index in [9.17, 15) is 35.1 Å². The minimum Gasteiger partial charge on any atom is -0.286 e. The maximum Gasteiger partial charge on any atom is 0.433 e. The zero-order valence-corrected chi connectivity index (χ0v) is 6.35. The van der Waals surface area contributed by atoms with Gasteiger partial charge in [-0.25, -0.2) is 13.2 Å². The summed E-state index contributed by atoms with van der Waals surface area (Å²) in [6.07, 6.45) is -11.8. The van der Waals surface area contributed by atoms with Crippen LogP contribution in [0, 0.1) is 0 Å². The topological polar surface area (TPSA) is 9.23 Å². The number of hydrogen-bond acceptors (Lipinski definition) is 1. The Hall–Kier alpha value is -0.600. The van der Waals surface area contributed by atoms with Crippen molar-refractivity contribution in [3.63, 3.8) is 0 Å². The van der Waals surface area contributed by atoms with Gasteiger partial charge in [0.2, 0.25) is 0 Å². The average molecular weight is 232 g/mol. The van der Waals surface area contributed by atoms with Crippen molar-refractivity contribution in [1.29, 1.82) is 0 Å². The molecule has 0 aromatic rings. The zero-order valence-electron chi connectivity index (χ0n) is 6.35. The Labute approximate surface area is 72.6 Å². The van der Waals surface area contributed by atoms with Crippen molar-refractivity contribution in [2.75, 3.05) is 13.5 Å². The van der Waals surface area contributed by atoms with Crippen LogP contribution < -0.4 is 0 Å². The molecule has 1 unspecified atom stereocenters. The molecule has 0 bridgehead atoms. The quantitative estimate of drug-likeness (QED) is 0.677. The van der Waals surface area contributed by atoms with E-state index in [0.717, 1.165) is 0 Å². The van der Waals surface area contributed by atoms with Crippen LogP contribution in [0.1, 0.15) is 0 Å². The van der Waals surface area contributed by atoms with Crippen LogP contribution in [0.4, 0.5) is 35.1 Å². The van der Waals surface area contributed by atoms with Crippen molar-refractivity contribution in [3.05, 3.63) is 0 Å². The summed E-state index contributed by atoms with van der Waals surface area (Å²) in [4.78, 5) is 0. The Morgan fingerprint density at radius 2 is 1.29 bits per heavy atom. The van der Waals surface area contributed by atoms with Gasteiger partial charge < -0.3 is 0 Å². The highest BCUT2D eigenvalue weighted by Crippen LogP contribution is 2.46. The van der Waals surface area contributed by atoms with Gasteiger partial charge in [0, 0.05) is 0 Å². The zero-order chi connectivity index (χ0) is 11.6. The van der Waals surface area contributed by atoms with Gasteiger partial charge in [-0.1, -0.05) is 0 Å². The van der Waals surface area contributed by atoms with Crippen LogP contribution in [0.2, 0.25) is 0 Å². The van der Waals surface area contributed by atoms with Crippen LogP contribution in [0.25, 0.3) is 0 Å². The molecular formula is C5H4F8O. The van der Waals surface area contributed by atoms with Gasteiger partial charge in [-0.2, -0.15) is 22.0 Å². The van der Waals surface area contributed by atoms with Crippen molar-refractivity contribution >= 4 is 0 Å². The summed E-state index contributed by atoms with van der Waals surface area (Å²) >= 11 is 0. The van der Waals surface area contributed by atoms with E-state index < -0.39 is 31.5 Å². The van der Waals surface area contributed by atoms with Crippen molar-refractivity contribution in [2.45, 2.75) is 18.0 Å². The molecule has 1 atom stereocenters. The smallest absolute Gasteiger partial charge is 0.286 e. The molecule has 0 saturated carbocycles. The molecule has 0 amide bonds. The van der Waals surface area contributed by atoms with Crippen molar-refractivity contribution in [3.8, 4) is 0 Å². The molecule has 86 valence electrons. The van der Waals surface area contributed by atoms with Crippen LogP contribution in [0.5, 0.6) is 0 Å². The minimum atomic E-state index is -6.19. The van der Waals surface area contributed by atoms with E-state index in [2.05, 4.69) is 4.74 Å². The van der Waals surface area contributed by atoms with Gasteiger partial charge in [-0.15, -0.1) is 0 Å². The van der Waals surface area contributed by atoms with Gasteiger partial charge in [0.15, 0.2) is 6.86 Å². The number of ether oxygens (including phenoxy) is 1. The highest BCUT2D eigenvalue weighted by molar-refractivity contribution is 4.94. The Morgan fingerprint density at radius 1 is 0.857 bits per heavy atom. The number of halogens is 8. The largest absolute Gasteiger partial charge is 0.433 e. The molecule has 0 fully saturated rings. The second-order valence-corrected chi connectivity index (χ2v) is 2.20. The number of alkyl halides is 8. The van der Waals surface area contributed by atoms with Crippen molar-refractivity contribution < 1.29 is 39.9 Å². The van der Waals surface area contributed by atoms with Crippen LogP contribution in [0.15, 0.2) is 0 Å². The minimum absolute atomic E-state index is 2.37. The Kier molecular flexibility index (Phi) is 3.71. The van der Waals surface area contributed by atoms with Crippen LogP contribution in [0.3, 0.4) is 0 Å². The molecule has 1 nitrogen and oxygen atoms in total. The number of hydrogen-bond donors (Lipinski definition) is 0. The van der Waals surface area contributed by atoms with E-state index >= 15 is 0 Å². The van der Waals surface area contributed by atoms with E-state index in [4.69, 9.17) is 0 Å². The first-order valence-corrected chi connectivity index (χ1v) is 3.01. The first-order valence-electron chi connectivity index (χ1n) is 3.01. The Morgan fingerprint density at radius 3 is 1.50 bits per heavy atom. The van der Waals surface area contributed by atoms with Crippen molar-refractivity contribution in [2.24, 2.45) is 0 Å². The van der Waals surface area contributed by atoms with Gasteiger partial charge in [-0.3, -0.25) is 4.74 Å². The van der Waals surface area contributed by atoms with Crippen molar-refractivity contribution in [1.82, 2.24) is 0 Å². The van der Waals surface area contributed by atoms with Gasteiger partial charge in [0.05, 0.1) is 0 Å². The molecule has 0 N–H and O–H groups in total. The monoisotopic (exact) mass is 232 g/mol. The first kappa shape index (κ1) is 13.4. The fourth-order valence-corrected chi connectivity index (χ4v) is 0.501. The highest BCUT2D eigenvalue weighted by atomic mass is 19.4. The molecule has 0 rings (SSSR count). The van der Waals surface area contributed by atoms with Gasteiger partial charge >= 0.3 is 18.0 Å². The van der Waals surface area contributed by atoms with E-state index in [0.29, 0.717) is 0 Å². The molecule has 0 aliphatic heterocycles. The second-order valence-electron chi connectivity index (χ2n) is 2.20. The SMILES string of the molecule is FCOC(F)(F)C(F)(CF)C(F)(F)F. The van der Waals surface area contributed by atoms with Crippen LogP contribution >= 0.6 is 0 Å². The summed E-state index contributed by atoms with van der Waals surface area (Å²) < 4.78 is 97.0. The standard InChI is InChI=1S/C5H4F8O/c6-1-3(8,4(9,10)11)5(12,13)14-2-7/h1-2H2. The molecule has 0 aromatic heterocycles. The molecule has 0 aliphatic rings.